The van der Waals surface area contributed by atoms with Gasteiger partial charge in [0.25, 0.3) is 5.91 Å². The van der Waals surface area contributed by atoms with Crippen molar-refractivity contribution in [1.82, 2.24) is 20.4 Å². The van der Waals surface area contributed by atoms with Gasteiger partial charge in [0, 0.05) is 35.0 Å². The summed E-state index contributed by atoms with van der Waals surface area (Å²) < 4.78 is 41.1. The summed E-state index contributed by atoms with van der Waals surface area (Å²) in [4.78, 5) is 13.6. The predicted molar refractivity (Wildman–Crippen MR) is 144 cm³/mol. The van der Waals surface area contributed by atoms with Crippen LogP contribution in [0.15, 0.2) is 94.2 Å². The van der Waals surface area contributed by atoms with Gasteiger partial charge in [-0.05, 0) is 55.2 Å². The molecule has 3 aliphatic heterocycles. The Hall–Kier alpha value is -4.21. The summed E-state index contributed by atoms with van der Waals surface area (Å²) in [5, 5.41) is 19.7. The molecule has 1 amide bonds. The van der Waals surface area contributed by atoms with Crippen molar-refractivity contribution in [3.05, 3.63) is 101 Å². The maximum atomic E-state index is 13.6. The zero-order valence-corrected chi connectivity index (χ0v) is 22.4. The largest absolute Gasteiger partial charge is 0.416 e. The highest BCUT2D eigenvalue weighted by Crippen LogP contribution is 2.51. The zero-order chi connectivity index (χ0) is 28.3. The van der Waals surface area contributed by atoms with Crippen molar-refractivity contribution in [3.8, 4) is 11.1 Å². The van der Waals surface area contributed by atoms with Crippen LogP contribution in [0.1, 0.15) is 50.3 Å². The SMILES string of the molecule is CC[C@]1(c2cccc(-c3cnn(Cc4cccc(C(F)(F)F)c4)c3)c2)C2=CN=NC2NC2=C1C(=O)NC(C)(C)C2. The molecule has 7 nitrogen and oxygen atoms in total. The molecule has 206 valence electrons. The van der Waals surface area contributed by atoms with Crippen LogP contribution in [0.2, 0.25) is 0 Å². The molecule has 2 N–H and O–H groups in total. The molecule has 2 aromatic carbocycles. The Morgan fingerprint density at radius 3 is 2.67 bits per heavy atom. The fourth-order valence-corrected chi connectivity index (χ4v) is 6.20. The van der Waals surface area contributed by atoms with E-state index in [2.05, 4.69) is 39.0 Å². The van der Waals surface area contributed by atoms with Gasteiger partial charge >= 0.3 is 6.18 Å². The van der Waals surface area contributed by atoms with E-state index in [9.17, 15) is 18.0 Å². The van der Waals surface area contributed by atoms with Gasteiger partial charge in [0.15, 0.2) is 6.17 Å². The number of carbonyl (C=O) groups is 1. The first-order valence-electron chi connectivity index (χ1n) is 13.2. The lowest BCUT2D eigenvalue weighted by Gasteiger charge is -2.48. The summed E-state index contributed by atoms with van der Waals surface area (Å²) >= 11 is 0. The molecule has 3 aliphatic rings. The molecule has 6 rings (SSSR count). The molecule has 40 heavy (non-hydrogen) atoms. The number of halogens is 3. The van der Waals surface area contributed by atoms with Gasteiger partial charge in [-0.2, -0.15) is 28.5 Å². The highest BCUT2D eigenvalue weighted by Gasteiger charge is 2.53. The van der Waals surface area contributed by atoms with Gasteiger partial charge in [0.2, 0.25) is 0 Å². The van der Waals surface area contributed by atoms with Gasteiger partial charge in [-0.15, -0.1) is 0 Å². The zero-order valence-electron chi connectivity index (χ0n) is 22.4. The maximum Gasteiger partial charge on any atom is 0.416 e. The third-order valence-electron chi connectivity index (χ3n) is 7.95. The van der Waals surface area contributed by atoms with Crippen molar-refractivity contribution in [2.45, 2.75) is 63.5 Å². The molecule has 2 atom stereocenters. The van der Waals surface area contributed by atoms with Crippen LogP contribution in [-0.2, 0) is 22.9 Å². The number of alkyl halides is 3. The highest BCUT2D eigenvalue weighted by atomic mass is 19.4. The van der Waals surface area contributed by atoms with Gasteiger partial charge in [-0.25, -0.2) is 0 Å². The van der Waals surface area contributed by atoms with E-state index in [1.165, 1.54) is 6.07 Å². The van der Waals surface area contributed by atoms with Crippen molar-refractivity contribution in [3.63, 3.8) is 0 Å². The van der Waals surface area contributed by atoms with Crippen LogP contribution in [0, 0.1) is 0 Å². The molecule has 0 bridgehead atoms. The van der Waals surface area contributed by atoms with Crippen molar-refractivity contribution >= 4 is 5.91 Å². The minimum atomic E-state index is -4.40. The van der Waals surface area contributed by atoms with Crippen LogP contribution < -0.4 is 10.6 Å². The van der Waals surface area contributed by atoms with E-state index >= 15 is 0 Å². The summed E-state index contributed by atoms with van der Waals surface area (Å²) in [6.07, 6.45) is 1.84. The predicted octanol–water partition coefficient (Wildman–Crippen LogP) is 6.10. The number of hydrogen-bond acceptors (Lipinski definition) is 5. The first kappa shape index (κ1) is 26.0. The van der Waals surface area contributed by atoms with E-state index in [1.54, 1.807) is 23.1 Å². The van der Waals surface area contributed by atoms with E-state index < -0.39 is 22.7 Å². The van der Waals surface area contributed by atoms with Crippen molar-refractivity contribution in [2.24, 2.45) is 10.2 Å². The molecule has 0 fully saturated rings. The Labute approximate surface area is 229 Å². The number of hydrogen-bond donors (Lipinski definition) is 2. The number of nitrogens with one attached hydrogen (secondary N) is 2. The van der Waals surface area contributed by atoms with Gasteiger partial charge in [0.1, 0.15) is 0 Å². The molecular formula is C30H29F3N6O. The first-order chi connectivity index (χ1) is 19.0. The Balaban J connectivity index is 1.38. The van der Waals surface area contributed by atoms with Gasteiger partial charge < -0.3 is 10.6 Å². The number of carbonyl (C=O) groups excluding carboxylic acids is 1. The van der Waals surface area contributed by atoms with Crippen molar-refractivity contribution in [1.29, 1.82) is 0 Å². The molecule has 0 saturated carbocycles. The van der Waals surface area contributed by atoms with Crippen LogP contribution in [0.3, 0.4) is 0 Å². The van der Waals surface area contributed by atoms with Crippen molar-refractivity contribution in [2.75, 3.05) is 0 Å². The second-order valence-corrected chi connectivity index (χ2v) is 11.2. The van der Waals surface area contributed by atoms with Crippen LogP contribution in [0.5, 0.6) is 0 Å². The normalized spacial score (nSPS) is 23.3. The van der Waals surface area contributed by atoms with E-state index in [-0.39, 0.29) is 18.6 Å². The standard InChI is InChI=1S/C30H29F3N6O/c1-4-29(23-15-34-38-26(23)36-24-13-28(2,3)37-27(40)25(24)29)21-9-6-8-19(12-21)20-14-35-39(17-20)16-18-7-5-10-22(11-18)30(31,32)33/h5-12,14-15,17,26,36H,4,13,16H2,1-3H3,(H,37,40)/t26?,29-/m0/s1. The number of fused-ring (bicyclic) bond motifs is 1. The van der Waals surface area contributed by atoms with Crippen LogP contribution in [0.25, 0.3) is 11.1 Å². The third kappa shape index (κ3) is 4.31. The fourth-order valence-electron chi connectivity index (χ4n) is 6.20. The molecule has 0 saturated heterocycles. The molecule has 10 heteroatoms. The number of rotatable bonds is 5. The Morgan fingerprint density at radius 2 is 1.90 bits per heavy atom. The molecule has 3 aromatic rings. The van der Waals surface area contributed by atoms with Gasteiger partial charge in [0.05, 0.1) is 35.5 Å². The third-order valence-corrected chi connectivity index (χ3v) is 7.95. The topological polar surface area (TPSA) is 83.7 Å². The van der Waals surface area contributed by atoms with E-state index in [1.807, 2.05) is 38.2 Å². The second-order valence-electron chi connectivity index (χ2n) is 11.2. The van der Waals surface area contributed by atoms with Crippen LogP contribution >= 0.6 is 0 Å². The summed E-state index contributed by atoms with van der Waals surface area (Å²) in [7, 11) is 0. The molecule has 0 radical (unpaired) electrons. The molecule has 1 aromatic heterocycles. The number of azo groups is 1. The molecule has 0 aliphatic carbocycles. The summed E-state index contributed by atoms with van der Waals surface area (Å²) in [5.74, 6) is -0.105. The van der Waals surface area contributed by atoms with Gasteiger partial charge in [-0.3, -0.25) is 9.48 Å². The van der Waals surface area contributed by atoms with Crippen LogP contribution in [0.4, 0.5) is 13.2 Å². The van der Waals surface area contributed by atoms with Crippen molar-refractivity contribution < 1.29 is 18.0 Å². The monoisotopic (exact) mass is 546 g/mol. The first-order valence-corrected chi connectivity index (χ1v) is 13.2. The van der Waals surface area contributed by atoms with E-state index in [0.717, 1.165) is 40.1 Å². The average molecular weight is 547 g/mol. The second kappa shape index (κ2) is 9.18. The maximum absolute atomic E-state index is 13.6. The summed E-state index contributed by atoms with van der Waals surface area (Å²) in [6, 6.07) is 13.3. The summed E-state index contributed by atoms with van der Waals surface area (Å²) in [5.41, 5.74) is 3.89. The highest BCUT2D eigenvalue weighted by molar-refractivity contribution is 6.00. The average Bonchev–Trinajstić information content (AvgIpc) is 3.56. The van der Waals surface area contributed by atoms with Crippen LogP contribution in [-0.4, -0.2) is 27.4 Å². The van der Waals surface area contributed by atoms with E-state index in [4.69, 9.17) is 0 Å². The molecule has 4 heterocycles. The minimum Gasteiger partial charge on any atom is -0.362 e. The lowest BCUT2D eigenvalue weighted by atomic mass is 9.62. The van der Waals surface area contributed by atoms with E-state index in [0.29, 0.717) is 24.0 Å². The quantitative estimate of drug-likeness (QED) is 0.406. The number of amides is 1. The minimum absolute atomic E-state index is 0.105. The lowest BCUT2D eigenvalue weighted by molar-refractivity contribution is -0.137. The smallest absolute Gasteiger partial charge is 0.362 e. The lowest BCUT2D eigenvalue weighted by Crippen LogP contribution is -2.58. The number of aromatic nitrogens is 2. The number of nitrogens with zero attached hydrogens (tertiary/aromatic N) is 4. The molecule has 0 spiro atoms. The Kier molecular flexibility index (Phi) is 5.97. The Bertz CT molecular complexity index is 1600. The summed E-state index contributed by atoms with van der Waals surface area (Å²) in [6.45, 7) is 6.28. The number of benzene rings is 2. The fraction of sp³-hybridized carbons (Fsp3) is 0.333. The molecular weight excluding hydrogens is 517 g/mol. The Morgan fingerprint density at radius 1 is 1.10 bits per heavy atom. The molecule has 1 unspecified atom stereocenters. The van der Waals surface area contributed by atoms with Gasteiger partial charge in [-0.1, -0.05) is 37.3 Å².